The quantitative estimate of drug-likeness (QED) is 0.447. The first-order valence-electron chi connectivity index (χ1n) is 13.8. The van der Waals surface area contributed by atoms with E-state index in [-0.39, 0.29) is 46.9 Å². The number of nitrogens with one attached hydrogen (secondary N) is 1. The normalized spacial score (nSPS) is 20.0. The highest BCUT2D eigenvalue weighted by Crippen LogP contribution is 2.32. The monoisotopic (exact) mass is 570 g/mol. The van der Waals surface area contributed by atoms with E-state index in [0.717, 1.165) is 30.5 Å². The van der Waals surface area contributed by atoms with E-state index in [1.54, 1.807) is 29.9 Å². The molecule has 0 spiro atoms. The molecule has 3 heterocycles. The van der Waals surface area contributed by atoms with Gasteiger partial charge in [-0.3, -0.25) is 18.7 Å². The molecule has 5 rings (SSSR count). The fourth-order valence-electron chi connectivity index (χ4n) is 5.71. The number of thioether (sulfide) groups is 1. The summed E-state index contributed by atoms with van der Waals surface area (Å²) in [6.45, 7) is 3.81. The Morgan fingerprint density at radius 3 is 2.40 bits per heavy atom. The Morgan fingerprint density at radius 1 is 1.02 bits per heavy atom. The lowest BCUT2D eigenvalue weighted by molar-refractivity contribution is 0.0921. The maximum absolute atomic E-state index is 14.2. The van der Waals surface area contributed by atoms with Gasteiger partial charge in [0.2, 0.25) is 0 Å². The van der Waals surface area contributed by atoms with Crippen LogP contribution in [0.25, 0.3) is 11.0 Å². The van der Waals surface area contributed by atoms with Gasteiger partial charge in [-0.15, -0.1) is 0 Å². The smallest absolute Gasteiger partial charge is 0.333 e. The summed E-state index contributed by atoms with van der Waals surface area (Å²) in [5.74, 6) is 2.07. The second kappa shape index (κ2) is 12.0. The zero-order valence-corrected chi connectivity index (χ0v) is 23.8. The highest BCUT2D eigenvalue weighted by Gasteiger charge is 2.30. The number of carbonyl (C=O) groups excluding carboxylic acids is 1. The predicted octanol–water partition coefficient (Wildman–Crippen LogP) is 4.47. The SMILES string of the molecule is COc1ccc(C(=O)N[C@H]2CC[C@@H](n3c(=O)c4cc(F)cnc4n(C4CCSCC4)c3=O)CC2)cc1OC(C)C. The number of halogens is 1. The summed E-state index contributed by atoms with van der Waals surface area (Å²) in [4.78, 5) is 44.5. The van der Waals surface area contributed by atoms with Crippen molar-refractivity contribution in [3.8, 4) is 11.5 Å². The van der Waals surface area contributed by atoms with Crippen molar-refractivity contribution in [3.05, 3.63) is 62.7 Å². The number of nitrogens with zero attached hydrogens (tertiary/aromatic N) is 3. The second-order valence-electron chi connectivity index (χ2n) is 10.7. The van der Waals surface area contributed by atoms with Crippen LogP contribution >= 0.6 is 11.8 Å². The third kappa shape index (κ3) is 5.75. The van der Waals surface area contributed by atoms with Crippen LogP contribution in [0.5, 0.6) is 11.5 Å². The Kier molecular flexibility index (Phi) is 8.48. The van der Waals surface area contributed by atoms with Gasteiger partial charge in [0.15, 0.2) is 11.5 Å². The van der Waals surface area contributed by atoms with Gasteiger partial charge in [0.25, 0.3) is 11.5 Å². The fraction of sp³-hybridized carbons (Fsp3) is 0.517. The van der Waals surface area contributed by atoms with Gasteiger partial charge < -0.3 is 14.8 Å². The Morgan fingerprint density at radius 2 is 1.73 bits per heavy atom. The van der Waals surface area contributed by atoms with E-state index in [1.807, 2.05) is 25.6 Å². The molecule has 1 aromatic carbocycles. The van der Waals surface area contributed by atoms with E-state index < -0.39 is 11.4 Å². The first kappa shape index (κ1) is 28.2. The molecule has 214 valence electrons. The molecule has 9 nitrogen and oxygen atoms in total. The highest BCUT2D eigenvalue weighted by atomic mass is 32.2. The molecule has 1 amide bonds. The topological polar surface area (TPSA) is 104 Å². The molecular formula is C29H35FN4O5S. The summed E-state index contributed by atoms with van der Waals surface area (Å²) >= 11 is 1.84. The molecule has 1 N–H and O–H groups in total. The first-order valence-corrected chi connectivity index (χ1v) is 15.0. The largest absolute Gasteiger partial charge is 0.493 e. The van der Waals surface area contributed by atoms with E-state index in [2.05, 4.69) is 10.3 Å². The molecule has 11 heteroatoms. The number of carbonyl (C=O) groups is 1. The molecule has 2 aliphatic rings. The summed E-state index contributed by atoms with van der Waals surface area (Å²) in [7, 11) is 1.55. The molecule has 0 unspecified atom stereocenters. The molecule has 2 fully saturated rings. The Labute approximate surface area is 236 Å². The van der Waals surface area contributed by atoms with E-state index in [4.69, 9.17) is 9.47 Å². The van der Waals surface area contributed by atoms with Crippen LogP contribution < -0.4 is 26.0 Å². The number of benzene rings is 1. The minimum atomic E-state index is -0.604. The number of fused-ring (bicyclic) bond motifs is 1. The van der Waals surface area contributed by atoms with E-state index >= 15 is 0 Å². The van der Waals surface area contributed by atoms with Crippen LogP contribution in [0.2, 0.25) is 0 Å². The lowest BCUT2D eigenvalue weighted by Crippen LogP contribution is -2.46. The molecule has 1 aliphatic carbocycles. The molecule has 1 saturated carbocycles. The van der Waals surface area contributed by atoms with Crippen LogP contribution in [0.4, 0.5) is 4.39 Å². The van der Waals surface area contributed by atoms with Gasteiger partial charge >= 0.3 is 5.69 Å². The summed E-state index contributed by atoms with van der Waals surface area (Å²) in [6, 6.07) is 5.75. The summed E-state index contributed by atoms with van der Waals surface area (Å²) in [5.41, 5.74) is -0.160. The van der Waals surface area contributed by atoms with E-state index in [1.165, 1.54) is 10.6 Å². The average Bonchev–Trinajstić information content (AvgIpc) is 2.94. The van der Waals surface area contributed by atoms with Crippen molar-refractivity contribution in [1.82, 2.24) is 19.4 Å². The van der Waals surface area contributed by atoms with E-state index in [9.17, 15) is 18.8 Å². The van der Waals surface area contributed by atoms with Gasteiger partial charge in [-0.1, -0.05) is 0 Å². The van der Waals surface area contributed by atoms with Crippen molar-refractivity contribution in [2.24, 2.45) is 0 Å². The molecule has 1 saturated heterocycles. The maximum atomic E-state index is 14.2. The molecule has 0 radical (unpaired) electrons. The molecule has 1 aliphatic heterocycles. The Bertz CT molecular complexity index is 1510. The van der Waals surface area contributed by atoms with Crippen molar-refractivity contribution in [3.63, 3.8) is 0 Å². The van der Waals surface area contributed by atoms with Crippen molar-refractivity contribution in [2.45, 2.75) is 76.6 Å². The van der Waals surface area contributed by atoms with Crippen LogP contribution in [-0.4, -0.2) is 50.8 Å². The summed E-state index contributed by atoms with van der Waals surface area (Å²) in [5, 5.41) is 3.22. The molecule has 0 atom stereocenters. The lowest BCUT2D eigenvalue weighted by Gasteiger charge is -2.31. The van der Waals surface area contributed by atoms with Crippen LogP contribution in [0.15, 0.2) is 40.1 Å². The Balaban J connectivity index is 1.35. The zero-order valence-electron chi connectivity index (χ0n) is 23.0. The molecule has 0 bridgehead atoms. The molecule has 2 aromatic heterocycles. The summed E-state index contributed by atoms with van der Waals surface area (Å²) in [6.07, 6.45) is 4.87. The van der Waals surface area contributed by atoms with E-state index in [0.29, 0.717) is 42.7 Å². The lowest BCUT2D eigenvalue weighted by atomic mass is 9.90. The van der Waals surface area contributed by atoms with Gasteiger partial charge in [0, 0.05) is 23.7 Å². The van der Waals surface area contributed by atoms with Gasteiger partial charge in [0.05, 0.1) is 24.8 Å². The number of hydrogen-bond acceptors (Lipinski definition) is 7. The zero-order chi connectivity index (χ0) is 28.4. The molecule has 3 aromatic rings. The van der Waals surface area contributed by atoms with Crippen molar-refractivity contribution >= 4 is 28.7 Å². The molecular weight excluding hydrogens is 535 g/mol. The third-order valence-corrected chi connectivity index (χ3v) is 8.71. The minimum absolute atomic E-state index is 0.0742. The summed E-state index contributed by atoms with van der Waals surface area (Å²) < 4.78 is 28.2. The Hall–Kier alpha value is -3.34. The van der Waals surface area contributed by atoms with Crippen molar-refractivity contribution in [2.75, 3.05) is 18.6 Å². The fourth-order valence-corrected chi connectivity index (χ4v) is 6.79. The second-order valence-corrected chi connectivity index (χ2v) is 11.9. The number of rotatable bonds is 7. The van der Waals surface area contributed by atoms with Gasteiger partial charge in [-0.25, -0.2) is 14.2 Å². The number of amides is 1. The van der Waals surface area contributed by atoms with Gasteiger partial charge in [-0.05, 0) is 88.1 Å². The minimum Gasteiger partial charge on any atom is -0.493 e. The number of hydrogen-bond donors (Lipinski definition) is 1. The number of pyridine rings is 1. The first-order chi connectivity index (χ1) is 19.3. The standard InChI is InChI=1S/C29H35FN4O5S/c1-17(2)39-25-14-18(4-9-24(25)38-3)27(35)32-20-5-7-21(8-6-20)34-28(36)23-15-19(30)16-31-26(23)33(29(34)37)22-10-12-40-13-11-22/h4,9,14-17,20-22H,5-8,10-13H2,1-3H3,(H,32,35)/t20-,21+. The maximum Gasteiger partial charge on any atom is 0.333 e. The van der Waals surface area contributed by atoms with Gasteiger partial charge in [0.1, 0.15) is 11.5 Å². The van der Waals surface area contributed by atoms with Gasteiger partial charge in [-0.2, -0.15) is 11.8 Å². The molecule has 40 heavy (non-hydrogen) atoms. The van der Waals surface area contributed by atoms with Crippen LogP contribution in [0.1, 0.15) is 74.8 Å². The van der Waals surface area contributed by atoms with Crippen LogP contribution in [-0.2, 0) is 0 Å². The number of methoxy groups -OCH3 is 1. The van der Waals surface area contributed by atoms with Crippen LogP contribution in [0.3, 0.4) is 0 Å². The van der Waals surface area contributed by atoms with Crippen molar-refractivity contribution in [1.29, 1.82) is 0 Å². The van der Waals surface area contributed by atoms with Crippen LogP contribution in [0, 0.1) is 5.82 Å². The predicted molar refractivity (Wildman–Crippen MR) is 153 cm³/mol. The third-order valence-electron chi connectivity index (χ3n) is 7.66. The number of ether oxygens (including phenoxy) is 2. The number of aromatic nitrogens is 3. The van der Waals surface area contributed by atoms with Crippen molar-refractivity contribution < 1.29 is 18.7 Å². The average molecular weight is 571 g/mol. The highest BCUT2D eigenvalue weighted by molar-refractivity contribution is 7.99.